The predicted molar refractivity (Wildman–Crippen MR) is 83.7 cm³/mol. The number of carbonyl (C=O) groups excluding carboxylic acids is 1. The topological polar surface area (TPSA) is 70.9 Å². The Hall–Kier alpha value is -2.60. The first-order valence-corrected chi connectivity index (χ1v) is 7.32. The molecule has 5 nitrogen and oxygen atoms in total. The van der Waals surface area contributed by atoms with Gasteiger partial charge in [0.2, 0.25) is 5.89 Å². The minimum absolute atomic E-state index is 0.237. The first-order valence-electron chi connectivity index (χ1n) is 6.94. The summed E-state index contributed by atoms with van der Waals surface area (Å²) in [6, 6.07) is 7.45. The molecule has 2 N–H and O–H groups in total. The van der Waals surface area contributed by atoms with Gasteiger partial charge >= 0.3 is 0 Å². The lowest BCUT2D eigenvalue weighted by Gasteiger charge is -2.01. The lowest BCUT2D eigenvalue weighted by Crippen LogP contribution is -2.25. The maximum Gasteiger partial charge on any atom is 0.267 e. The van der Waals surface area contributed by atoms with Crippen LogP contribution in [0.3, 0.4) is 0 Å². The van der Waals surface area contributed by atoms with Gasteiger partial charge in [-0.3, -0.25) is 4.79 Å². The predicted octanol–water partition coefficient (Wildman–Crippen LogP) is 3.43. The molecule has 3 aromatic rings. The highest BCUT2D eigenvalue weighted by molar-refractivity contribution is 6.30. The Morgan fingerprint density at radius 2 is 2.13 bits per heavy atom. The lowest BCUT2D eigenvalue weighted by atomic mass is 10.2. The number of rotatable bonds is 5. The highest BCUT2D eigenvalue weighted by Crippen LogP contribution is 2.19. The van der Waals surface area contributed by atoms with Crippen LogP contribution in [0.25, 0.3) is 11.5 Å². The van der Waals surface area contributed by atoms with Crippen molar-refractivity contribution in [3.63, 3.8) is 0 Å². The quantitative estimate of drug-likeness (QED) is 0.751. The molecular formula is C16H13ClFN3O2. The van der Waals surface area contributed by atoms with Crippen LogP contribution in [0, 0.1) is 5.82 Å². The second-order valence-corrected chi connectivity index (χ2v) is 5.32. The second kappa shape index (κ2) is 6.66. The van der Waals surface area contributed by atoms with E-state index in [1.165, 1.54) is 18.4 Å². The van der Waals surface area contributed by atoms with Crippen molar-refractivity contribution in [3.05, 3.63) is 65.0 Å². The van der Waals surface area contributed by atoms with Crippen molar-refractivity contribution < 1.29 is 13.6 Å². The van der Waals surface area contributed by atoms with E-state index in [9.17, 15) is 9.18 Å². The summed E-state index contributed by atoms with van der Waals surface area (Å²) in [6.45, 7) is 0.408. The van der Waals surface area contributed by atoms with Crippen molar-refractivity contribution >= 4 is 17.5 Å². The van der Waals surface area contributed by atoms with Gasteiger partial charge in [-0.1, -0.05) is 11.6 Å². The fraction of sp³-hybridized carbons (Fsp3) is 0.125. The van der Waals surface area contributed by atoms with E-state index < -0.39 is 0 Å². The van der Waals surface area contributed by atoms with E-state index in [1.807, 2.05) is 0 Å². The van der Waals surface area contributed by atoms with Crippen LogP contribution in [0.4, 0.5) is 4.39 Å². The number of halogens is 2. The monoisotopic (exact) mass is 333 g/mol. The van der Waals surface area contributed by atoms with Gasteiger partial charge in [-0.2, -0.15) is 0 Å². The van der Waals surface area contributed by atoms with Crippen LogP contribution in [0.5, 0.6) is 0 Å². The Bertz CT molecular complexity index is 811. The summed E-state index contributed by atoms with van der Waals surface area (Å²) in [5, 5.41) is 3.24. The van der Waals surface area contributed by atoms with E-state index in [0.29, 0.717) is 40.8 Å². The molecule has 0 saturated carbocycles. The fourth-order valence-electron chi connectivity index (χ4n) is 2.05. The summed E-state index contributed by atoms with van der Waals surface area (Å²) in [5.74, 6) is -0.130. The van der Waals surface area contributed by atoms with Crippen LogP contribution < -0.4 is 5.32 Å². The fourth-order valence-corrected chi connectivity index (χ4v) is 2.21. The summed E-state index contributed by atoms with van der Waals surface area (Å²) in [6.07, 6.45) is 3.59. The Morgan fingerprint density at radius 3 is 2.83 bits per heavy atom. The molecule has 0 aliphatic rings. The molecule has 118 valence electrons. The molecule has 0 atom stereocenters. The number of nitrogens with one attached hydrogen (secondary N) is 2. The zero-order chi connectivity index (χ0) is 16.2. The first kappa shape index (κ1) is 15.3. The maximum absolute atomic E-state index is 12.9. The minimum atomic E-state index is -0.312. The summed E-state index contributed by atoms with van der Waals surface area (Å²) in [7, 11) is 0. The molecule has 1 amide bonds. The normalized spacial score (nSPS) is 10.7. The van der Waals surface area contributed by atoms with Gasteiger partial charge in [-0.05, 0) is 30.3 Å². The molecule has 0 saturated heterocycles. The number of amides is 1. The highest BCUT2D eigenvalue weighted by Gasteiger charge is 2.09. The largest absolute Gasteiger partial charge is 0.444 e. The van der Waals surface area contributed by atoms with Crippen LogP contribution in [-0.4, -0.2) is 22.4 Å². The van der Waals surface area contributed by atoms with Crippen LogP contribution in [-0.2, 0) is 6.42 Å². The number of aromatic amines is 1. The molecule has 0 spiro atoms. The average molecular weight is 334 g/mol. The van der Waals surface area contributed by atoms with Gasteiger partial charge in [0.05, 0.1) is 10.7 Å². The Morgan fingerprint density at radius 1 is 1.35 bits per heavy atom. The molecule has 7 heteroatoms. The second-order valence-electron chi connectivity index (χ2n) is 4.89. The van der Waals surface area contributed by atoms with Crippen molar-refractivity contribution in [1.29, 1.82) is 0 Å². The number of carbonyl (C=O) groups is 1. The zero-order valence-corrected chi connectivity index (χ0v) is 12.7. The van der Waals surface area contributed by atoms with Crippen molar-refractivity contribution in [3.8, 4) is 11.5 Å². The van der Waals surface area contributed by atoms with Crippen LogP contribution in [0.1, 0.15) is 16.2 Å². The molecule has 1 aromatic carbocycles. The van der Waals surface area contributed by atoms with Gasteiger partial charge in [0, 0.05) is 24.7 Å². The van der Waals surface area contributed by atoms with Crippen LogP contribution in [0.15, 0.2) is 47.2 Å². The van der Waals surface area contributed by atoms with E-state index in [0.717, 1.165) is 0 Å². The van der Waals surface area contributed by atoms with Crippen LogP contribution >= 0.6 is 11.6 Å². The molecule has 3 rings (SSSR count). The summed E-state index contributed by atoms with van der Waals surface area (Å²) < 4.78 is 18.3. The van der Waals surface area contributed by atoms with E-state index in [-0.39, 0.29) is 11.7 Å². The Kier molecular flexibility index (Phi) is 4.43. The summed E-state index contributed by atoms with van der Waals surface area (Å²) >= 11 is 5.75. The summed E-state index contributed by atoms with van der Waals surface area (Å²) in [5.41, 5.74) is 1.80. The van der Waals surface area contributed by atoms with Gasteiger partial charge in [0.25, 0.3) is 5.91 Å². The van der Waals surface area contributed by atoms with Gasteiger partial charge in [-0.15, -0.1) is 0 Å². The number of oxazole rings is 1. The number of benzene rings is 1. The first-order chi connectivity index (χ1) is 11.1. The zero-order valence-electron chi connectivity index (χ0n) is 12.0. The SMILES string of the molecule is O=C(NCCc1coc(-c2ccc(F)cc2)n1)c1cc(Cl)c[nH]1. The highest BCUT2D eigenvalue weighted by atomic mass is 35.5. The molecule has 0 bridgehead atoms. The average Bonchev–Trinajstić information content (AvgIpc) is 3.17. The van der Waals surface area contributed by atoms with Crippen LogP contribution in [0.2, 0.25) is 5.02 Å². The molecular weight excluding hydrogens is 321 g/mol. The molecule has 23 heavy (non-hydrogen) atoms. The van der Waals surface area contributed by atoms with E-state index in [1.54, 1.807) is 24.4 Å². The van der Waals surface area contributed by atoms with E-state index >= 15 is 0 Å². The Balaban J connectivity index is 1.55. The van der Waals surface area contributed by atoms with E-state index in [4.69, 9.17) is 16.0 Å². The molecule has 0 fully saturated rings. The minimum Gasteiger partial charge on any atom is -0.444 e. The Labute approximate surface area is 136 Å². The van der Waals surface area contributed by atoms with Crippen molar-refractivity contribution in [2.24, 2.45) is 0 Å². The molecule has 0 radical (unpaired) electrons. The van der Waals surface area contributed by atoms with Crippen molar-refractivity contribution in [2.45, 2.75) is 6.42 Å². The standard InChI is InChI=1S/C16H13ClFN3O2/c17-11-7-14(20-8-11)15(22)19-6-5-13-9-23-16(21-13)10-1-3-12(18)4-2-10/h1-4,7-9,20H,5-6H2,(H,19,22). The third-order valence-corrected chi connectivity index (χ3v) is 3.42. The smallest absolute Gasteiger partial charge is 0.267 e. The molecule has 2 aromatic heterocycles. The molecule has 0 aliphatic heterocycles. The molecule has 2 heterocycles. The number of hydrogen-bond acceptors (Lipinski definition) is 3. The van der Waals surface area contributed by atoms with Crippen molar-refractivity contribution in [2.75, 3.05) is 6.54 Å². The van der Waals surface area contributed by atoms with E-state index in [2.05, 4.69) is 15.3 Å². The number of H-pyrrole nitrogens is 1. The summed E-state index contributed by atoms with van der Waals surface area (Å²) in [4.78, 5) is 18.9. The number of nitrogens with zero attached hydrogens (tertiary/aromatic N) is 1. The molecule has 0 unspecified atom stereocenters. The van der Waals surface area contributed by atoms with Gasteiger partial charge in [0.15, 0.2) is 0 Å². The number of aromatic nitrogens is 2. The third-order valence-electron chi connectivity index (χ3n) is 3.20. The van der Waals surface area contributed by atoms with Crippen molar-refractivity contribution in [1.82, 2.24) is 15.3 Å². The lowest BCUT2D eigenvalue weighted by molar-refractivity contribution is 0.0949. The van der Waals surface area contributed by atoms with Gasteiger partial charge < -0.3 is 14.7 Å². The number of hydrogen-bond donors (Lipinski definition) is 2. The third kappa shape index (κ3) is 3.78. The van der Waals surface area contributed by atoms with Gasteiger partial charge in [-0.25, -0.2) is 9.37 Å². The van der Waals surface area contributed by atoms with Gasteiger partial charge in [0.1, 0.15) is 17.8 Å². The molecule has 0 aliphatic carbocycles. The maximum atomic E-state index is 12.9.